The number of carbonyl (C=O) groups excluding carboxylic acids is 2. The molecule has 2 aromatic rings. The van der Waals surface area contributed by atoms with E-state index < -0.39 is 15.9 Å². The van der Waals surface area contributed by atoms with Gasteiger partial charge in [-0.2, -0.15) is 0 Å². The van der Waals surface area contributed by atoms with Crippen LogP contribution in [-0.4, -0.2) is 62.4 Å². The quantitative estimate of drug-likeness (QED) is 0.359. The van der Waals surface area contributed by atoms with E-state index in [1.807, 2.05) is 33.8 Å². The van der Waals surface area contributed by atoms with Gasteiger partial charge >= 0.3 is 12.1 Å². The Morgan fingerprint density at radius 3 is 2.54 bits per heavy atom. The maximum Gasteiger partial charge on any atom is 0.409 e. The number of benzene rings is 1. The molecule has 1 heterocycles. The number of aryl methyl sites for hydroxylation is 1. The minimum absolute atomic E-state index is 0.0967. The molecule has 1 aromatic carbocycles. The number of nitrogens with zero attached hydrogens (tertiary/aromatic N) is 2. The van der Waals surface area contributed by atoms with E-state index in [0.29, 0.717) is 41.2 Å². The molecule has 10 heteroatoms. The molecule has 0 saturated heterocycles. The Labute approximate surface area is 231 Å². The Morgan fingerprint density at radius 1 is 1.15 bits per heavy atom. The second kappa shape index (κ2) is 13.3. The van der Waals surface area contributed by atoms with Gasteiger partial charge in [-0.05, 0) is 77.1 Å². The van der Waals surface area contributed by atoms with Crippen LogP contribution in [0.3, 0.4) is 0 Å². The van der Waals surface area contributed by atoms with Gasteiger partial charge in [-0.15, -0.1) is 0 Å². The number of esters is 1. The zero-order valence-corrected chi connectivity index (χ0v) is 24.5. The Morgan fingerprint density at radius 2 is 1.90 bits per heavy atom. The van der Waals surface area contributed by atoms with Crippen LogP contribution in [0, 0.1) is 12.8 Å². The monoisotopic (exact) mass is 560 g/mol. The van der Waals surface area contributed by atoms with Crippen molar-refractivity contribution in [1.29, 1.82) is 0 Å². The van der Waals surface area contributed by atoms with Crippen molar-refractivity contribution in [2.24, 2.45) is 5.92 Å². The molecule has 1 fully saturated rings. The highest BCUT2D eigenvalue weighted by atomic mass is 32.2. The third-order valence-corrected chi connectivity index (χ3v) is 7.76. The molecule has 1 aliphatic rings. The van der Waals surface area contributed by atoms with Crippen LogP contribution < -0.4 is 4.74 Å². The average Bonchev–Trinajstić information content (AvgIpc) is 2.87. The average molecular weight is 561 g/mol. The molecule has 2 atom stereocenters. The maximum absolute atomic E-state index is 12.4. The lowest BCUT2D eigenvalue weighted by atomic mass is 9.87. The molecule has 0 aliphatic heterocycles. The largest absolute Gasteiger partial charge is 0.489 e. The van der Waals surface area contributed by atoms with Gasteiger partial charge in [0.15, 0.2) is 9.84 Å². The van der Waals surface area contributed by atoms with Gasteiger partial charge in [0.05, 0.1) is 34.4 Å². The molecule has 0 radical (unpaired) electrons. The van der Waals surface area contributed by atoms with Crippen molar-refractivity contribution in [3.05, 3.63) is 41.6 Å². The Kier molecular flexibility index (Phi) is 10.4. The molecule has 39 heavy (non-hydrogen) atoms. The number of rotatable bonds is 10. The molecule has 1 aromatic heterocycles. The zero-order chi connectivity index (χ0) is 28.7. The van der Waals surface area contributed by atoms with E-state index in [-0.39, 0.29) is 35.6 Å². The molecule has 3 rings (SSSR count). The number of aromatic nitrogens is 1. The number of amides is 1. The molecule has 0 N–H and O–H groups in total. The van der Waals surface area contributed by atoms with Crippen molar-refractivity contribution < 1.29 is 32.2 Å². The van der Waals surface area contributed by atoms with Crippen molar-refractivity contribution >= 4 is 21.9 Å². The molecule has 1 aliphatic carbocycles. The summed E-state index contributed by atoms with van der Waals surface area (Å²) in [6.07, 6.45) is 4.32. The summed E-state index contributed by atoms with van der Waals surface area (Å²) in [7, 11) is -1.80. The third kappa shape index (κ3) is 8.42. The summed E-state index contributed by atoms with van der Waals surface area (Å²) in [6.45, 7) is 7.96. The van der Waals surface area contributed by atoms with Crippen LogP contribution >= 0.6 is 0 Å². The fourth-order valence-corrected chi connectivity index (χ4v) is 5.31. The molecule has 0 unspecified atom stereocenters. The van der Waals surface area contributed by atoms with Crippen molar-refractivity contribution in [1.82, 2.24) is 9.88 Å². The summed E-state index contributed by atoms with van der Waals surface area (Å²) in [5.74, 6) is 0.285. The van der Waals surface area contributed by atoms with Gasteiger partial charge < -0.3 is 19.1 Å². The topological polar surface area (TPSA) is 112 Å². The normalized spacial score (nSPS) is 17.5. The Hall–Kier alpha value is -3.14. The lowest BCUT2D eigenvalue weighted by Gasteiger charge is -2.29. The summed E-state index contributed by atoms with van der Waals surface area (Å²) in [5.41, 5.74) is 2.47. The van der Waals surface area contributed by atoms with Crippen LogP contribution in [0.2, 0.25) is 0 Å². The third-order valence-electron chi connectivity index (χ3n) is 6.64. The first-order valence-corrected chi connectivity index (χ1v) is 15.3. The van der Waals surface area contributed by atoms with Crippen LogP contribution in [0.4, 0.5) is 4.79 Å². The van der Waals surface area contributed by atoms with Crippen LogP contribution in [0.5, 0.6) is 5.75 Å². The standard InChI is InChI=1S/C29H40N2O7S/c1-7-15-31(5)29(33)36-18-22-17-24(39(6,34)35)11-12-25(22)26-13-14-27(20(4)30-26)38-23-10-8-9-21(16-23)28(32)37-19(2)3/h11-14,17,19,21,23H,7-10,15-16,18H2,1-6H3/t21-,23-/m0/s1. The van der Waals surface area contributed by atoms with Gasteiger partial charge in [0.2, 0.25) is 0 Å². The molecule has 0 spiro atoms. The van der Waals surface area contributed by atoms with Gasteiger partial charge in [0, 0.05) is 31.0 Å². The van der Waals surface area contributed by atoms with Gasteiger partial charge in [0.1, 0.15) is 12.4 Å². The van der Waals surface area contributed by atoms with Gasteiger partial charge in [0.25, 0.3) is 0 Å². The molecular formula is C29H40N2O7S. The maximum atomic E-state index is 12.4. The number of pyridine rings is 1. The first kappa shape index (κ1) is 30.4. The second-order valence-corrected chi connectivity index (χ2v) is 12.5. The van der Waals surface area contributed by atoms with E-state index in [9.17, 15) is 18.0 Å². The second-order valence-electron chi connectivity index (χ2n) is 10.4. The zero-order valence-electron chi connectivity index (χ0n) is 23.7. The predicted molar refractivity (Wildman–Crippen MR) is 148 cm³/mol. The Balaban J connectivity index is 1.81. The predicted octanol–water partition coefficient (Wildman–Crippen LogP) is 5.33. The first-order chi connectivity index (χ1) is 18.4. The molecule has 9 nitrogen and oxygen atoms in total. The summed E-state index contributed by atoms with van der Waals surface area (Å²) in [6, 6.07) is 8.38. The van der Waals surface area contributed by atoms with E-state index in [1.54, 1.807) is 19.2 Å². The summed E-state index contributed by atoms with van der Waals surface area (Å²) < 4.78 is 41.5. The van der Waals surface area contributed by atoms with Crippen LogP contribution in [0.15, 0.2) is 35.2 Å². The van der Waals surface area contributed by atoms with Crippen molar-refractivity contribution in [3.63, 3.8) is 0 Å². The van der Waals surface area contributed by atoms with E-state index in [1.165, 1.54) is 17.0 Å². The fraction of sp³-hybridized carbons (Fsp3) is 0.552. The van der Waals surface area contributed by atoms with Crippen LogP contribution in [0.1, 0.15) is 64.1 Å². The molecule has 1 saturated carbocycles. The van der Waals surface area contributed by atoms with E-state index >= 15 is 0 Å². The minimum Gasteiger partial charge on any atom is -0.489 e. The van der Waals surface area contributed by atoms with Crippen molar-refractivity contribution in [2.75, 3.05) is 19.8 Å². The fourth-order valence-electron chi connectivity index (χ4n) is 4.64. The number of ether oxygens (including phenoxy) is 3. The highest BCUT2D eigenvalue weighted by Gasteiger charge is 2.30. The first-order valence-electron chi connectivity index (χ1n) is 13.4. The lowest BCUT2D eigenvalue weighted by Crippen LogP contribution is -2.31. The summed E-state index contributed by atoms with van der Waals surface area (Å²) in [5, 5.41) is 0. The van der Waals surface area contributed by atoms with Crippen molar-refractivity contribution in [2.45, 2.75) is 83.5 Å². The highest BCUT2D eigenvalue weighted by Crippen LogP contribution is 2.32. The minimum atomic E-state index is -3.46. The van der Waals surface area contributed by atoms with Crippen LogP contribution in [0.25, 0.3) is 11.3 Å². The van der Waals surface area contributed by atoms with Gasteiger partial charge in [-0.3, -0.25) is 4.79 Å². The number of hydrogen-bond acceptors (Lipinski definition) is 8. The smallest absolute Gasteiger partial charge is 0.409 e. The summed E-state index contributed by atoms with van der Waals surface area (Å²) >= 11 is 0. The number of sulfone groups is 1. The SMILES string of the molecule is CCCN(C)C(=O)OCc1cc(S(C)(=O)=O)ccc1-c1ccc(O[C@H]2CCC[C@H](C(=O)OC(C)C)C2)c(C)n1. The van der Waals surface area contributed by atoms with Crippen LogP contribution in [-0.2, 0) is 30.7 Å². The highest BCUT2D eigenvalue weighted by molar-refractivity contribution is 7.90. The van der Waals surface area contributed by atoms with E-state index in [4.69, 9.17) is 19.2 Å². The lowest BCUT2D eigenvalue weighted by molar-refractivity contribution is -0.154. The number of hydrogen-bond donors (Lipinski definition) is 0. The summed E-state index contributed by atoms with van der Waals surface area (Å²) in [4.78, 5) is 31.1. The molecule has 0 bridgehead atoms. The molecule has 214 valence electrons. The van der Waals surface area contributed by atoms with Gasteiger partial charge in [-0.1, -0.05) is 13.0 Å². The number of carbonyl (C=O) groups is 2. The Bertz CT molecular complexity index is 1280. The van der Waals surface area contributed by atoms with Gasteiger partial charge in [-0.25, -0.2) is 18.2 Å². The van der Waals surface area contributed by atoms with E-state index in [2.05, 4.69) is 0 Å². The van der Waals surface area contributed by atoms with Crippen molar-refractivity contribution in [3.8, 4) is 17.0 Å². The molecule has 1 amide bonds. The molecular weight excluding hydrogens is 520 g/mol. The van der Waals surface area contributed by atoms with E-state index in [0.717, 1.165) is 31.9 Å².